The van der Waals surface area contributed by atoms with Gasteiger partial charge in [-0.2, -0.15) is 12.6 Å². The summed E-state index contributed by atoms with van der Waals surface area (Å²) in [6.07, 6.45) is 0.944. The molecule has 16 heavy (non-hydrogen) atoms. The van der Waals surface area contributed by atoms with Crippen molar-refractivity contribution in [3.63, 3.8) is 0 Å². The molecule has 1 aromatic carbocycles. The van der Waals surface area contributed by atoms with Gasteiger partial charge < -0.3 is 9.47 Å². The van der Waals surface area contributed by atoms with Gasteiger partial charge >= 0.3 is 0 Å². The van der Waals surface area contributed by atoms with Crippen molar-refractivity contribution in [2.24, 2.45) is 0 Å². The number of hydrogen-bond acceptors (Lipinski definition) is 3. The van der Waals surface area contributed by atoms with Crippen LogP contribution in [-0.4, -0.2) is 19.0 Å². The topological polar surface area (TPSA) is 18.5 Å². The lowest BCUT2D eigenvalue weighted by Gasteiger charge is -2.23. The van der Waals surface area contributed by atoms with Crippen LogP contribution in [0.25, 0.3) is 0 Å². The van der Waals surface area contributed by atoms with Crippen LogP contribution in [0.15, 0.2) is 18.2 Å². The van der Waals surface area contributed by atoms with Gasteiger partial charge in [-0.15, -0.1) is 0 Å². The molecule has 0 atom stereocenters. The summed E-state index contributed by atoms with van der Waals surface area (Å²) in [6, 6.07) is 6.18. The summed E-state index contributed by atoms with van der Waals surface area (Å²) >= 11 is 4.39. The predicted octanol–water partition coefficient (Wildman–Crippen LogP) is 3.06. The van der Waals surface area contributed by atoms with Crippen LogP contribution in [0.5, 0.6) is 11.5 Å². The van der Waals surface area contributed by atoms with E-state index in [1.165, 1.54) is 5.56 Å². The normalized spacial score (nSPS) is 15.7. The van der Waals surface area contributed by atoms with Crippen LogP contribution in [0.1, 0.15) is 25.8 Å². The van der Waals surface area contributed by atoms with Crippen LogP contribution in [0.3, 0.4) is 0 Å². The summed E-state index contributed by atoms with van der Waals surface area (Å²) in [5.41, 5.74) is 1.31. The van der Waals surface area contributed by atoms with Crippen molar-refractivity contribution in [2.75, 3.05) is 19.0 Å². The molecule has 2 rings (SSSR count). The average Bonchev–Trinajstić information content (AvgIpc) is 2.53. The number of ether oxygens (including phenoxy) is 2. The maximum absolute atomic E-state index is 5.68. The van der Waals surface area contributed by atoms with Crippen molar-refractivity contribution in [1.82, 2.24) is 0 Å². The molecular weight excluding hydrogens is 220 g/mol. The van der Waals surface area contributed by atoms with Gasteiger partial charge in [0.2, 0.25) is 0 Å². The molecule has 0 radical (unpaired) electrons. The largest absolute Gasteiger partial charge is 0.490 e. The average molecular weight is 238 g/mol. The summed E-state index contributed by atoms with van der Waals surface area (Å²) in [4.78, 5) is 0. The molecule has 1 heterocycles. The molecule has 0 spiro atoms. The first kappa shape index (κ1) is 11.6. The quantitative estimate of drug-likeness (QED) is 0.798. The fourth-order valence-electron chi connectivity index (χ4n) is 1.68. The summed E-state index contributed by atoms with van der Waals surface area (Å²) in [5.74, 6) is 2.54. The van der Waals surface area contributed by atoms with Gasteiger partial charge in [-0.3, -0.25) is 0 Å². The Morgan fingerprint density at radius 1 is 1.19 bits per heavy atom. The lowest BCUT2D eigenvalue weighted by Crippen LogP contribution is -2.19. The Hall–Kier alpha value is -0.830. The first-order chi connectivity index (χ1) is 7.63. The van der Waals surface area contributed by atoms with Crippen LogP contribution >= 0.6 is 12.6 Å². The zero-order valence-electron chi connectivity index (χ0n) is 9.82. The van der Waals surface area contributed by atoms with E-state index in [1.54, 1.807) is 0 Å². The molecule has 0 amide bonds. The molecule has 1 aliphatic rings. The summed E-state index contributed by atoms with van der Waals surface area (Å²) in [7, 11) is 0. The van der Waals surface area contributed by atoms with E-state index < -0.39 is 0 Å². The first-order valence-electron chi connectivity index (χ1n) is 5.64. The molecule has 0 unspecified atom stereocenters. The molecule has 0 saturated carbocycles. The number of benzene rings is 1. The van der Waals surface area contributed by atoms with Crippen LogP contribution in [0.2, 0.25) is 0 Å². The number of rotatable bonds is 2. The Morgan fingerprint density at radius 3 is 2.56 bits per heavy atom. The Labute approximate surface area is 102 Å². The van der Waals surface area contributed by atoms with Crippen molar-refractivity contribution in [1.29, 1.82) is 0 Å². The highest BCUT2D eigenvalue weighted by atomic mass is 32.1. The smallest absolute Gasteiger partial charge is 0.161 e. The molecule has 0 saturated heterocycles. The minimum absolute atomic E-state index is 0.0633. The predicted molar refractivity (Wildman–Crippen MR) is 68.9 cm³/mol. The zero-order valence-corrected chi connectivity index (χ0v) is 10.7. The van der Waals surface area contributed by atoms with E-state index in [1.807, 2.05) is 6.07 Å². The molecule has 2 nitrogen and oxygen atoms in total. The number of fused-ring (bicyclic) bond motifs is 1. The molecule has 0 aliphatic carbocycles. The molecule has 0 aromatic heterocycles. The third kappa shape index (κ3) is 2.29. The van der Waals surface area contributed by atoms with Gasteiger partial charge in [0.15, 0.2) is 11.5 Å². The maximum Gasteiger partial charge on any atom is 0.161 e. The number of thiol groups is 1. The standard InChI is InChI=1S/C13H18O2S/c1-13(2,9-16)10-4-5-11-12(8-10)15-7-3-6-14-11/h4-5,8,16H,3,6-7,9H2,1-2H3. The Bertz CT molecular complexity index is 374. The Morgan fingerprint density at radius 2 is 1.88 bits per heavy atom. The van der Waals surface area contributed by atoms with Crippen molar-refractivity contribution in [3.8, 4) is 11.5 Å². The van der Waals surface area contributed by atoms with Crippen LogP contribution in [0, 0.1) is 0 Å². The highest BCUT2D eigenvalue weighted by Gasteiger charge is 2.21. The van der Waals surface area contributed by atoms with E-state index in [9.17, 15) is 0 Å². The highest BCUT2D eigenvalue weighted by molar-refractivity contribution is 7.80. The van der Waals surface area contributed by atoms with E-state index in [0.29, 0.717) is 0 Å². The molecular formula is C13H18O2S. The summed E-state index contributed by atoms with van der Waals surface area (Å²) in [5, 5.41) is 0. The minimum Gasteiger partial charge on any atom is -0.490 e. The molecule has 3 heteroatoms. The Balaban J connectivity index is 2.34. The second kappa shape index (κ2) is 4.58. The zero-order chi connectivity index (χ0) is 11.6. The number of hydrogen-bond donors (Lipinski definition) is 1. The van der Waals surface area contributed by atoms with Gasteiger partial charge in [-0.25, -0.2) is 0 Å². The maximum atomic E-state index is 5.68. The van der Waals surface area contributed by atoms with Crippen LogP contribution < -0.4 is 9.47 Å². The van der Waals surface area contributed by atoms with Gasteiger partial charge in [0, 0.05) is 6.42 Å². The molecule has 0 fully saturated rings. The monoisotopic (exact) mass is 238 g/mol. The molecule has 1 aromatic rings. The van der Waals surface area contributed by atoms with E-state index >= 15 is 0 Å². The lowest BCUT2D eigenvalue weighted by atomic mass is 9.86. The van der Waals surface area contributed by atoms with E-state index in [0.717, 1.165) is 36.9 Å². The van der Waals surface area contributed by atoms with Gasteiger partial charge in [0.05, 0.1) is 13.2 Å². The molecule has 0 bridgehead atoms. The van der Waals surface area contributed by atoms with Gasteiger partial charge in [0.25, 0.3) is 0 Å². The fourth-order valence-corrected chi connectivity index (χ4v) is 1.86. The molecule has 88 valence electrons. The molecule has 0 N–H and O–H groups in total. The van der Waals surface area contributed by atoms with E-state index in [4.69, 9.17) is 9.47 Å². The third-order valence-electron chi connectivity index (χ3n) is 2.92. The molecule has 1 aliphatic heterocycles. The summed E-state index contributed by atoms with van der Waals surface area (Å²) < 4.78 is 11.3. The Kier molecular flexibility index (Phi) is 3.33. The van der Waals surface area contributed by atoms with Crippen molar-refractivity contribution >= 4 is 12.6 Å². The SMILES string of the molecule is CC(C)(CS)c1ccc2c(c1)OCCCO2. The van der Waals surface area contributed by atoms with Crippen molar-refractivity contribution in [2.45, 2.75) is 25.7 Å². The van der Waals surface area contributed by atoms with E-state index in [2.05, 4.69) is 38.6 Å². The minimum atomic E-state index is 0.0633. The van der Waals surface area contributed by atoms with Gasteiger partial charge in [-0.05, 0) is 28.9 Å². The second-order valence-electron chi connectivity index (χ2n) is 4.75. The van der Waals surface area contributed by atoms with E-state index in [-0.39, 0.29) is 5.41 Å². The van der Waals surface area contributed by atoms with Crippen LogP contribution in [0.4, 0.5) is 0 Å². The lowest BCUT2D eigenvalue weighted by molar-refractivity contribution is 0.297. The van der Waals surface area contributed by atoms with Crippen molar-refractivity contribution < 1.29 is 9.47 Å². The highest BCUT2D eigenvalue weighted by Crippen LogP contribution is 2.35. The first-order valence-corrected chi connectivity index (χ1v) is 6.28. The van der Waals surface area contributed by atoms with Crippen molar-refractivity contribution in [3.05, 3.63) is 23.8 Å². The van der Waals surface area contributed by atoms with Crippen LogP contribution in [-0.2, 0) is 5.41 Å². The second-order valence-corrected chi connectivity index (χ2v) is 5.07. The third-order valence-corrected chi connectivity index (χ3v) is 3.71. The van der Waals surface area contributed by atoms with Gasteiger partial charge in [0.1, 0.15) is 0 Å². The summed E-state index contributed by atoms with van der Waals surface area (Å²) in [6.45, 7) is 5.83. The fraction of sp³-hybridized carbons (Fsp3) is 0.538. The van der Waals surface area contributed by atoms with Gasteiger partial charge in [-0.1, -0.05) is 19.9 Å².